The Bertz CT molecular complexity index is 594. The second-order valence-corrected chi connectivity index (χ2v) is 5.08. The highest BCUT2D eigenvalue weighted by atomic mass is 32.2. The first-order chi connectivity index (χ1) is 9.59. The quantitative estimate of drug-likeness (QED) is 0.395. The standard InChI is InChI=1S/C13H12F4O3S/c1-6-7(2)9(5-4-8(6)18)21-11(14)10(12(19)20-3)13(15,16)17/h4-5,18H,1-3H3. The highest BCUT2D eigenvalue weighted by Gasteiger charge is 2.43. The number of rotatable bonds is 3. The summed E-state index contributed by atoms with van der Waals surface area (Å²) in [5.41, 5.74) is -1.15. The molecule has 0 unspecified atom stereocenters. The van der Waals surface area contributed by atoms with Gasteiger partial charge in [0.05, 0.1) is 7.11 Å². The summed E-state index contributed by atoms with van der Waals surface area (Å²) < 4.78 is 55.9. The molecule has 0 heterocycles. The van der Waals surface area contributed by atoms with Crippen LogP contribution < -0.4 is 0 Å². The molecule has 3 nitrogen and oxygen atoms in total. The smallest absolute Gasteiger partial charge is 0.426 e. The first-order valence-electron chi connectivity index (χ1n) is 5.61. The predicted octanol–water partition coefficient (Wildman–Crippen LogP) is 4.02. The van der Waals surface area contributed by atoms with Gasteiger partial charge in [0.2, 0.25) is 0 Å². The van der Waals surface area contributed by atoms with Crippen LogP contribution in [0.3, 0.4) is 0 Å². The fourth-order valence-electron chi connectivity index (χ4n) is 1.45. The van der Waals surface area contributed by atoms with Gasteiger partial charge < -0.3 is 9.84 Å². The van der Waals surface area contributed by atoms with Gasteiger partial charge in [-0.25, -0.2) is 4.79 Å². The van der Waals surface area contributed by atoms with Gasteiger partial charge in [-0.2, -0.15) is 17.6 Å². The number of methoxy groups -OCH3 is 1. The zero-order valence-corrected chi connectivity index (χ0v) is 12.2. The lowest BCUT2D eigenvalue weighted by Crippen LogP contribution is -2.22. The number of phenolic OH excluding ortho intramolecular Hbond substituents is 1. The predicted molar refractivity (Wildman–Crippen MR) is 69.6 cm³/mol. The molecule has 0 amide bonds. The van der Waals surface area contributed by atoms with Crippen molar-refractivity contribution in [2.45, 2.75) is 24.9 Å². The van der Waals surface area contributed by atoms with Crippen LogP contribution in [-0.2, 0) is 9.53 Å². The first kappa shape index (κ1) is 17.4. The van der Waals surface area contributed by atoms with E-state index in [-0.39, 0.29) is 22.4 Å². The number of carbonyl (C=O) groups is 1. The van der Waals surface area contributed by atoms with Crippen molar-refractivity contribution in [3.05, 3.63) is 34.0 Å². The van der Waals surface area contributed by atoms with Gasteiger partial charge >= 0.3 is 12.1 Å². The zero-order chi connectivity index (χ0) is 16.4. The molecule has 0 saturated carbocycles. The van der Waals surface area contributed by atoms with Crippen LogP contribution in [0.1, 0.15) is 11.1 Å². The minimum atomic E-state index is -5.16. The van der Waals surface area contributed by atoms with E-state index in [1.54, 1.807) is 6.92 Å². The van der Waals surface area contributed by atoms with Crippen molar-refractivity contribution in [1.29, 1.82) is 0 Å². The number of benzene rings is 1. The zero-order valence-electron chi connectivity index (χ0n) is 11.3. The topological polar surface area (TPSA) is 46.5 Å². The lowest BCUT2D eigenvalue weighted by Gasteiger charge is -2.12. The minimum Gasteiger partial charge on any atom is -0.508 e. The minimum absolute atomic E-state index is 0.0507. The van der Waals surface area contributed by atoms with Gasteiger partial charge in [-0.15, -0.1) is 0 Å². The number of aromatic hydroxyl groups is 1. The van der Waals surface area contributed by atoms with E-state index in [9.17, 15) is 27.5 Å². The molecule has 0 radical (unpaired) electrons. The van der Waals surface area contributed by atoms with Crippen molar-refractivity contribution in [2.75, 3.05) is 7.11 Å². The van der Waals surface area contributed by atoms with Crippen LogP contribution >= 0.6 is 11.8 Å². The van der Waals surface area contributed by atoms with Gasteiger partial charge in [0.15, 0.2) is 10.7 Å². The summed E-state index contributed by atoms with van der Waals surface area (Å²) in [6.07, 6.45) is -5.16. The van der Waals surface area contributed by atoms with Crippen LogP contribution in [-0.4, -0.2) is 24.4 Å². The first-order valence-corrected chi connectivity index (χ1v) is 6.43. The summed E-state index contributed by atoms with van der Waals surface area (Å²) in [6, 6.07) is 2.51. The average molecular weight is 324 g/mol. The largest absolute Gasteiger partial charge is 0.508 e. The Balaban J connectivity index is 3.29. The maximum atomic E-state index is 13.9. The SMILES string of the molecule is COC(=O)C(=C(F)Sc1ccc(O)c(C)c1C)C(F)(F)F. The molecule has 0 fully saturated rings. The van der Waals surface area contributed by atoms with Gasteiger partial charge in [-0.05, 0) is 37.1 Å². The molecule has 0 atom stereocenters. The number of halogens is 4. The molecule has 1 aromatic rings. The highest BCUT2D eigenvalue weighted by molar-refractivity contribution is 8.03. The van der Waals surface area contributed by atoms with Crippen LogP contribution in [0.25, 0.3) is 0 Å². The van der Waals surface area contributed by atoms with Crippen molar-refractivity contribution in [2.24, 2.45) is 0 Å². The number of hydrogen-bond acceptors (Lipinski definition) is 4. The summed E-state index contributed by atoms with van der Waals surface area (Å²) in [7, 11) is 0.738. The summed E-state index contributed by atoms with van der Waals surface area (Å²) in [4.78, 5) is 11.3. The molecular weight excluding hydrogens is 312 g/mol. The number of ether oxygens (including phenoxy) is 1. The van der Waals surface area contributed by atoms with Gasteiger partial charge in [-0.3, -0.25) is 0 Å². The number of carbonyl (C=O) groups excluding carboxylic acids is 1. The fourth-order valence-corrected chi connectivity index (χ4v) is 2.39. The number of esters is 1. The van der Waals surface area contributed by atoms with E-state index in [1.165, 1.54) is 19.1 Å². The summed E-state index contributed by atoms with van der Waals surface area (Å²) in [5, 5.41) is 7.75. The fraction of sp³-hybridized carbons (Fsp3) is 0.308. The van der Waals surface area contributed by atoms with Crippen LogP contribution in [0.15, 0.2) is 27.8 Å². The number of thioether (sulfide) groups is 1. The van der Waals surface area contributed by atoms with Crippen LogP contribution in [0, 0.1) is 13.8 Å². The molecule has 1 aromatic carbocycles. The lowest BCUT2D eigenvalue weighted by atomic mass is 10.1. The van der Waals surface area contributed by atoms with Crippen molar-refractivity contribution in [3.8, 4) is 5.75 Å². The highest BCUT2D eigenvalue weighted by Crippen LogP contribution is 2.40. The molecule has 1 N–H and O–H groups in total. The van der Waals surface area contributed by atoms with E-state index in [0.717, 1.165) is 7.11 Å². The Morgan fingerprint density at radius 2 is 1.81 bits per heavy atom. The third-order valence-electron chi connectivity index (χ3n) is 2.78. The van der Waals surface area contributed by atoms with Gasteiger partial charge in [0.1, 0.15) is 5.75 Å². The Kier molecular flexibility index (Phi) is 5.27. The Morgan fingerprint density at radius 1 is 1.24 bits per heavy atom. The molecule has 0 spiro atoms. The van der Waals surface area contributed by atoms with Crippen molar-refractivity contribution >= 4 is 17.7 Å². The molecule has 0 aromatic heterocycles. The van der Waals surface area contributed by atoms with E-state index in [1.807, 2.05) is 0 Å². The molecule has 0 aliphatic heterocycles. The molecule has 0 bridgehead atoms. The van der Waals surface area contributed by atoms with E-state index in [2.05, 4.69) is 4.74 Å². The number of hydrogen-bond donors (Lipinski definition) is 1. The van der Waals surface area contributed by atoms with Crippen LogP contribution in [0.5, 0.6) is 5.75 Å². The molecular formula is C13H12F4O3S. The Labute approximate surface area is 122 Å². The normalized spacial score (nSPS) is 12.9. The molecule has 0 saturated heterocycles. The van der Waals surface area contributed by atoms with Crippen LogP contribution in [0.2, 0.25) is 0 Å². The van der Waals surface area contributed by atoms with Gasteiger partial charge in [0, 0.05) is 4.90 Å². The van der Waals surface area contributed by atoms with E-state index in [0.29, 0.717) is 11.1 Å². The molecule has 8 heteroatoms. The second kappa shape index (κ2) is 6.38. The maximum Gasteiger partial charge on any atom is 0.426 e. The summed E-state index contributed by atoms with van der Waals surface area (Å²) >= 11 is 0.153. The van der Waals surface area contributed by atoms with Crippen LogP contribution in [0.4, 0.5) is 17.6 Å². The summed E-state index contributed by atoms with van der Waals surface area (Å²) in [6.45, 7) is 3.07. The molecule has 21 heavy (non-hydrogen) atoms. The molecule has 0 aliphatic rings. The summed E-state index contributed by atoms with van der Waals surface area (Å²) in [5.74, 6) is -1.84. The average Bonchev–Trinajstić information content (AvgIpc) is 2.37. The monoisotopic (exact) mass is 324 g/mol. The van der Waals surface area contributed by atoms with Crippen molar-refractivity contribution < 1.29 is 32.2 Å². The molecule has 116 valence electrons. The number of alkyl halides is 3. The van der Waals surface area contributed by atoms with Crippen molar-refractivity contribution in [3.63, 3.8) is 0 Å². The van der Waals surface area contributed by atoms with Crippen molar-refractivity contribution in [1.82, 2.24) is 0 Å². The lowest BCUT2D eigenvalue weighted by molar-refractivity contribution is -0.148. The van der Waals surface area contributed by atoms with Gasteiger partial charge in [-0.1, -0.05) is 11.8 Å². The van der Waals surface area contributed by atoms with Gasteiger partial charge in [0.25, 0.3) is 0 Å². The Morgan fingerprint density at radius 3 is 2.29 bits per heavy atom. The Hall–Kier alpha value is -1.70. The third kappa shape index (κ3) is 3.90. The number of phenols is 1. The second-order valence-electron chi connectivity index (χ2n) is 4.07. The maximum absolute atomic E-state index is 13.9. The van der Waals surface area contributed by atoms with E-state index >= 15 is 0 Å². The molecule has 0 aliphatic carbocycles. The third-order valence-corrected chi connectivity index (χ3v) is 3.82. The molecule has 1 rings (SSSR count). The van der Waals surface area contributed by atoms with E-state index < -0.39 is 22.9 Å². The van der Waals surface area contributed by atoms with E-state index in [4.69, 9.17) is 0 Å².